The van der Waals surface area contributed by atoms with Crippen molar-refractivity contribution in [1.29, 1.82) is 0 Å². The maximum atomic E-state index is 6.51. The van der Waals surface area contributed by atoms with E-state index >= 15 is 0 Å². The van der Waals surface area contributed by atoms with Gasteiger partial charge in [0, 0.05) is 11.6 Å². The van der Waals surface area contributed by atoms with E-state index in [4.69, 9.17) is 16.0 Å². The van der Waals surface area contributed by atoms with Gasteiger partial charge >= 0.3 is 0 Å². The van der Waals surface area contributed by atoms with Gasteiger partial charge in [-0.1, -0.05) is 66.1 Å². The summed E-state index contributed by atoms with van der Waals surface area (Å²) < 4.78 is 6.51. The van der Waals surface area contributed by atoms with Gasteiger partial charge in [-0.2, -0.15) is 0 Å². The van der Waals surface area contributed by atoms with E-state index in [1.54, 1.807) is 0 Å². The van der Waals surface area contributed by atoms with Crippen LogP contribution in [0.25, 0.3) is 0 Å². The average Bonchev–Trinajstić information content (AvgIpc) is 2.15. The third-order valence-corrected chi connectivity index (χ3v) is 10.0. The summed E-state index contributed by atoms with van der Waals surface area (Å²) in [4.78, 5) is 0. The van der Waals surface area contributed by atoms with Gasteiger partial charge in [0.15, 0.2) is 8.32 Å². The molecule has 0 rings (SSSR count). The molecular formula is C15H31ClOSi. The van der Waals surface area contributed by atoms with E-state index in [2.05, 4.69) is 54.5 Å². The number of hydrogen-bond acceptors (Lipinski definition) is 1. The van der Waals surface area contributed by atoms with Crippen LogP contribution in [0, 0.1) is 5.92 Å². The third-order valence-electron chi connectivity index (χ3n) is 3.82. The molecule has 0 aromatic rings. The van der Waals surface area contributed by atoms with Gasteiger partial charge in [-0.05, 0) is 29.5 Å². The molecule has 0 fully saturated rings. The highest BCUT2D eigenvalue weighted by Gasteiger charge is 2.44. The molecule has 0 saturated heterocycles. The van der Waals surface area contributed by atoms with E-state index < -0.39 is 8.32 Å². The summed E-state index contributed by atoms with van der Waals surface area (Å²) in [5, 5.41) is 0.858. The smallest absolute Gasteiger partial charge is 0.200 e. The first kappa shape index (κ1) is 18.2. The zero-order valence-electron chi connectivity index (χ0n) is 13.4. The van der Waals surface area contributed by atoms with Gasteiger partial charge in [0.1, 0.15) is 0 Å². The van der Waals surface area contributed by atoms with E-state index in [-0.39, 0.29) is 0 Å². The predicted molar refractivity (Wildman–Crippen MR) is 85.8 cm³/mol. The normalized spacial score (nSPS) is 15.9. The van der Waals surface area contributed by atoms with Gasteiger partial charge in [0.05, 0.1) is 0 Å². The highest BCUT2D eigenvalue weighted by atomic mass is 35.5. The highest BCUT2D eigenvalue weighted by molar-refractivity contribution is 6.77. The van der Waals surface area contributed by atoms with Gasteiger partial charge in [0.25, 0.3) is 0 Å². The Bertz CT molecular complexity index is 246. The molecule has 0 aromatic heterocycles. The Kier molecular flexibility index (Phi) is 7.80. The lowest BCUT2D eigenvalue weighted by Crippen LogP contribution is -2.48. The monoisotopic (exact) mass is 290 g/mol. The maximum Gasteiger partial charge on any atom is 0.200 e. The van der Waals surface area contributed by atoms with Crippen molar-refractivity contribution >= 4 is 19.9 Å². The molecule has 0 bridgehead atoms. The topological polar surface area (TPSA) is 9.23 Å². The number of rotatable bonds is 7. The van der Waals surface area contributed by atoms with Crippen LogP contribution in [-0.4, -0.2) is 14.9 Å². The highest BCUT2D eigenvalue weighted by Crippen LogP contribution is 2.42. The van der Waals surface area contributed by atoms with E-state index in [0.717, 1.165) is 11.6 Å². The molecule has 0 aliphatic rings. The molecule has 0 N–H and O–H groups in total. The molecule has 18 heavy (non-hydrogen) atoms. The molecular weight excluding hydrogens is 260 g/mol. The van der Waals surface area contributed by atoms with Crippen LogP contribution in [-0.2, 0) is 4.43 Å². The molecule has 0 heterocycles. The lowest BCUT2D eigenvalue weighted by molar-refractivity contribution is 0.250. The van der Waals surface area contributed by atoms with Crippen molar-refractivity contribution in [2.45, 2.75) is 72.0 Å². The fraction of sp³-hybridized carbons (Fsp3) is 0.867. The molecule has 0 radical (unpaired) electrons. The molecule has 1 nitrogen and oxygen atoms in total. The lowest BCUT2D eigenvalue weighted by Gasteiger charge is -2.42. The van der Waals surface area contributed by atoms with Crippen LogP contribution in [0.3, 0.4) is 0 Å². The van der Waals surface area contributed by atoms with Crippen molar-refractivity contribution < 1.29 is 4.43 Å². The molecule has 0 saturated carbocycles. The van der Waals surface area contributed by atoms with E-state index in [0.29, 0.717) is 22.5 Å². The molecule has 1 atom stereocenters. The number of hydrogen-bond donors (Lipinski definition) is 0. The van der Waals surface area contributed by atoms with Gasteiger partial charge in [-0.3, -0.25) is 0 Å². The Balaban J connectivity index is 4.87. The summed E-state index contributed by atoms with van der Waals surface area (Å²) in [5.41, 5.74) is 1.93. The van der Waals surface area contributed by atoms with Crippen LogP contribution in [0.4, 0.5) is 0 Å². The summed E-state index contributed by atoms with van der Waals surface area (Å²) in [6, 6.07) is 0. The lowest BCUT2D eigenvalue weighted by atomic mass is 10.2. The van der Waals surface area contributed by atoms with Crippen molar-refractivity contribution in [3.05, 3.63) is 11.1 Å². The molecule has 0 amide bonds. The largest absolute Gasteiger partial charge is 0.415 e. The molecule has 0 aliphatic carbocycles. The average molecular weight is 291 g/mol. The SMILES string of the molecule is C/C(Cl)=C/[C@H](C)CO[Si](C(C)C)(C(C)C)C(C)C. The first-order chi connectivity index (χ1) is 8.14. The van der Waals surface area contributed by atoms with Crippen LogP contribution in [0.15, 0.2) is 11.1 Å². The minimum atomic E-state index is -1.71. The Morgan fingerprint density at radius 1 is 1.00 bits per heavy atom. The second kappa shape index (κ2) is 7.71. The minimum absolute atomic E-state index is 0.394. The van der Waals surface area contributed by atoms with Gasteiger partial charge in [-0.15, -0.1) is 0 Å². The van der Waals surface area contributed by atoms with Crippen molar-refractivity contribution in [1.82, 2.24) is 0 Å². The van der Waals surface area contributed by atoms with E-state index in [1.807, 2.05) is 6.92 Å². The summed E-state index contributed by atoms with van der Waals surface area (Å²) in [6.07, 6.45) is 2.09. The second-order valence-electron chi connectivity index (χ2n) is 6.36. The Morgan fingerprint density at radius 2 is 1.39 bits per heavy atom. The zero-order chi connectivity index (χ0) is 14.5. The summed E-state index contributed by atoms with van der Waals surface area (Å²) in [6.45, 7) is 18.8. The second-order valence-corrected chi connectivity index (χ2v) is 12.4. The maximum absolute atomic E-state index is 6.51. The molecule has 0 aromatic carbocycles. The molecule has 0 spiro atoms. The van der Waals surface area contributed by atoms with Crippen LogP contribution in [0.5, 0.6) is 0 Å². The standard InChI is InChI=1S/C15H31ClOSi/c1-11(2)18(12(3)4,13(5)6)17-10-14(7)9-15(8)16/h9,11-14H,10H2,1-8H3/b15-9-/t14-/m0/s1. The van der Waals surface area contributed by atoms with Gasteiger partial charge in [-0.25, -0.2) is 0 Å². The van der Waals surface area contributed by atoms with Gasteiger partial charge < -0.3 is 4.43 Å². The Labute approximate surface area is 120 Å². The number of allylic oxidation sites excluding steroid dienone is 1. The molecule has 0 aliphatic heterocycles. The number of halogens is 1. The summed E-state index contributed by atoms with van der Waals surface area (Å²) in [5.74, 6) is 0.394. The predicted octanol–water partition coefficient (Wildman–Crippen LogP) is 5.96. The first-order valence-electron chi connectivity index (χ1n) is 7.12. The van der Waals surface area contributed by atoms with Crippen molar-refractivity contribution in [2.75, 3.05) is 6.61 Å². The summed E-state index contributed by atoms with van der Waals surface area (Å²) in [7, 11) is -1.71. The molecule has 3 heteroatoms. The van der Waals surface area contributed by atoms with E-state index in [9.17, 15) is 0 Å². The van der Waals surface area contributed by atoms with Crippen LogP contribution < -0.4 is 0 Å². The van der Waals surface area contributed by atoms with Crippen molar-refractivity contribution in [3.63, 3.8) is 0 Å². The van der Waals surface area contributed by atoms with Crippen LogP contribution >= 0.6 is 11.6 Å². The van der Waals surface area contributed by atoms with Crippen LogP contribution in [0.2, 0.25) is 16.6 Å². The van der Waals surface area contributed by atoms with E-state index in [1.165, 1.54) is 0 Å². The Morgan fingerprint density at radius 3 is 1.67 bits per heavy atom. The first-order valence-corrected chi connectivity index (χ1v) is 9.64. The summed E-state index contributed by atoms with van der Waals surface area (Å²) >= 11 is 5.93. The molecule has 108 valence electrons. The minimum Gasteiger partial charge on any atom is -0.415 e. The molecule has 0 unspecified atom stereocenters. The fourth-order valence-electron chi connectivity index (χ4n) is 3.22. The Hall–Kier alpha value is 0.207. The van der Waals surface area contributed by atoms with Crippen LogP contribution in [0.1, 0.15) is 55.4 Å². The van der Waals surface area contributed by atoms with Crippen molar-refractivity contribution in [3.8, 4) is 0 Å². The zero-order valence-corrected chi connectivity index (χ0v) is 15.1. The van der Waals surface area contributed by atoms with Gasteiger partial charge in [0.2, 0.25) is 0 Å². The van der Waals surface area contributed by atoms with Crippen molar-refractivity contribution in [2.24, 2.45) is 5.92 Å². The fourth-order valence-corrected chi connectivity index (χ4v) is 8.98. The quantitative estimate of drug-likeness (QED) is 0.526. The third kappa shape index (κ3) is 4.71.